The Labute approximate surface area is 251 Å². The van der Waals surface area contributed by atoms with Gasteiger partial charge in [-0.25, -0.2) is 0 Å². The van der Waals surface area contributed by atoms with Crippen molar-refractivity contribution < 1.29 is 19.1 Å². The Bertz CT molecular complexity index is 1790. The first-order valence-corrected chi connectivity index (χ1v) is 14.8. The van der Waals surface area contributed by atoms with E-state index in [0.29, 0.717) is 22.6 Å². The summed E-state index contributed by atoms with van der Waals surface area (Å²) in [4.78, 5) is 46.2. The molecule has 1 fully saturated rings. The number of Topliss-reactive ketones (excluding diaryl/α,β-unsaturated/α-hetero) is 2. The lowest BCUT2D eigenvalue weighted by molar-refractivity contribution is -0.122. The number of nitrogens with zero attached hydrogens (tertiary/aromatic N) is 1. The molecule has 1 N–H and O–H groups in total. The second-order valence-corrected chi connectivity index (χ2v) is 11.5. The number of hydrogen-bond donors (Lipinski definition) is 1. The third-order valence-electron chi connectivity index (χ3n) is 9.25. The molecule has 3 aliphatic rings. The summed E-state index contributed by atoms with van der Waals surface area (Å²) in [5, 5.41) is 3.10. The molecule has 0 saturated carbocycles. The molecule has 0 bridgehead atoms. The van der Waals surface area contributed by atoms with Gasteiger partial charge in [-0.2, -0.15) is 0 Å². The lowest BCUT2D eigenvalue weighted by Gasteiger charge is -2.38. The highest BCUT2D eigenvalue weighted by atomic mass is 16.5. The largest absolute Gasteiger partial charge is 0.497 e. The zero-order valence-corrected chi connectivity index (χ0v) is 24.1. The molecule has 0 aromatic heterocycles. The van der Waals surface area contributed by atoms with Gasteiger partial charge < -0.3 is 15.0 Å². The number of aryl methyl sites for hydroxylation is 1. The zero-order valence-electron chi connectivity index (χ0n) is 24.1. The van der Waals surface area contributed by atoms with Gasteiger partial charge in [-0.3, -0.25) is 14.4 Å². The quantitative estimate of drug-likeness (QED) is 0.253. The van der Waals surface area contributed by atoms with E-state index in [1.165, 1.54) is 0 Å². The summed E-state index contributed by atoms with van der Waals surface area (Å²) in [6.07, 6.45) is 5.77. The lowest BCUT2D eigenvalue weighted by Crippen LogP contribution is -2.49. The number of carbonyl (C=O) groups is 3. The molecule has 214 valence electrons. The minimum Gasteiger partial charge on any atom is -0.497 e. The maximum absolute atomic E-state index is 14.9. The standard InChI is InChI=1S/C37H32N2O4/c1-3-9-23-16-18-25(19-17-23)33(40)31-32(34(41)26-11-8-12-27(22-26)43-2)39-21-20-24-10-4-5-13-28(24)35(39)37(31)29-14-6-7-15-30(29)38-36(37)42/h4-8,10-22,31-32,35H,3,9H2,1-2H3,(H,38,42)/t31-,32+,35-,37-/m1/s1. The predicted molar refractivity (Wildman–Crippen MR) is 166 cm³/mol. The third kappa shape index (κ3) is 3.97. The fraction of sp³-hybridized carbons (Fsp3) is 0.216. The third-order valence-corrected chi connectivity index (χ3v) is 9.25. The molecule has 3 heterocycles. The van der Waals surface area contributed by atoms with Crippen molar-refractivity contribution in [2.45, 2.75) is 37.3 Å². The molecule has 1 spiro atoms. The summed E-state index contributed by atoms with van der Waals surface area (Å²) in [5.74, 6) is -1.18. The maximum Gasteiger partial charge on any atom is 0.238 e. The molecule has 43 heavy (non-hydrogen) atoms. The van der Waals surface area contributed by atoms with Crippen molar-refractivity contribution in [3.05, 3.63) is 137 Å². The van der Waals surface area contributed by atoms with E-state index in [9.17, 15) is 14.4 Å². The van der Waals surface area contributed by atoms with E-state index in [2.05, 4.69) is 12.2 Å². The predicted octanol–water partition coefficient (Wildman–Crippen LogP) is 6.63. The van der Waals surface area contributed by atoms with Crippen molar-refractivity contribution in [3.8, 4) is 5.75 Å². The summed E-state index contributed by atoms with van der Waals surface area (Å²) >= 11 is 0. The Morgan fingerprint density at radius 3 is 2.44 bits per heavy atom. The molecule has 6 heteroatoms. The van der Waals surface area contributed by atoms with Crippen LogP contribution < -0.4 is 10.1 Å². The van der Waals surface area contributed by atoms with Crippen LogP contribution in [-0.2, 0) is 16.6 Å². The molecule has 6 nitrogen and oxygen atoms in total. The number of carbonyl (C=O) groups excluding carboxylic acids is 3. The van der Waals surface area contributed by atoms with Gasteiger partial charge in [0.15, 0.2) is 11.6 Å². The number of para-hydroxylation sites is 1. The Kier molecular flexibility index (Phi) is 6.50. The number of ether oxygens (including phenoxy) is 1. The van der Waals surface area contributed by atoms with E-state index in [1.54, 1.807) is 31.4 Å². The summed E-state index contributed by atoms with van der Waals surface area (Å²) in [6, 6.07) is 28.6. The smallest absolute Gasteiger partial charge is 0.238 e. The van der Waals surface area contributed by atoms with Gasteiger partial charge in [0.25, 0.3) is 0 Å². The number of methoxy groups -OCH3 is 1. The molecule has 1 amide bonds. The Balaban J connectivity index is 1.50. The highest BCUT2D eigenvalue weighted by molar-refractivity contribution is 6.16. The molecule has 7 rings (SSSR count). The van der Waals surface area contributed by atoms with Crippen LogP contribution in [-0.4, -0.2) is 35.5 Å². The van der Waals surface area contributed by atoms with Gasteiger partial charge in [0.1, 0.15) is 17.2 Å². The summed E-state index contributed by atoms with van der Waals surface area (Å²) in [6.45, 7) is 2.12. The molecule has 0 aliphatic carbocycles. The van der Waals surface area contributed by atoms with Gasteiger partial charge in [0, 0.05) is 23.0 Å². The van der Waals surface area contributed by atoms with Gasteiger partial charge in [0.05, 0.1) is 19.1 Å². The first-order chi connectivity index (χ1) is 21.0. The first-order valence-electron chi connectivity index (χ1n) is 14.8. The number of hydrogen-bond acceptors (Lipinski definition) is 5. The van der Waals surface area contributed by atoms with Gasteiger partial charge in [-0.05, 0) is 52.9 Å². The summed E-state index contributed by atoms with van der Waals surface area (Å²) in [5.41, 5.74) is 3.99. The first kappa shape index (κ1) is 26.9. The van der Waals surface area contributed by atoms with E-state index in [4.69, 9.17) is 4.74 Å². The topological polar surface area (TPSA) is 75.7 Å². The molecule has 0 radical (unpaired) electrons. The van der Waals surface area contributed by atoms with Crippen molar-refractivity contribution >= 4 is 29.2 Å². The van der Waals surface area contributed by atoms with E-state index in [-0.39, 0.29) is 17.5 Å². The number of fused-ring (bicyclic) bond motifs is 6. The minimum atomic E-state index is -1.35. The fourth-order valence-electron chi connectivity index (χ4n) is 7.42. The van der Waals surface area contributed by atoms with Crippen LogP contribution in [0.1, 0.15) is 62.4 Å². The zero-order chi connectivity index (χ0) is 29.7. The van der Waals surface area contributed by atoms with Crippen LogP contribution in [0.15, 0.2) is 103 Å². The van der Waals surface area contributed by atoms with Crippen molar-refractivity contribution in [2.75, 3.05) is 12.4 Å². The van der Waals surface area contributed by atoms with Crippen molar-refractivity contribution in [1.29, 1.82) is 0 Å². The van der Waals surface area contributed by atoms with Crippen LogP contribution >= 0.6 is 0 Å². The fourth-order valence-corrected chi connectivity index (χ4v) is 7.42. The Morgan fingerprint density at radius 2 is 1.65 bits per heavy atom. The highest BCUT2D eigenvalue weighted by Gasteiger charge is 2.70. The van der Waals surface area contributed by atoms with Crippen LogP contribution in [0.4, 0.5) is 5.69 Å². The summed E-state index contributed by atoms with van der Waals surface area (Å²) in [7, 11) is 1.56. The van der Waals surface area contributed by atoms with Crippen LogP contribution in [0.3, 0.4) is 0 Å². The Hall–Kier alpha value is -4.97. The average Bonchev–Trinajstić information content (AvgIpc) is 3.53. The number of ketones is 2. The molecular weight excluding hydrogens is 536 g/mol. The van der Waals surface area contributed by atoms with Gasteiger partial charge >= 0.3 is 0 Å². The number of benzene rings is 4. The van der Waals surface area contributed by atoms with Crippen molar-refractivity contribution in [2.24, 2.45) is 5.92 Å². The molecule has 4 aromatic carbocycles. The van der Waals surface area contributed by atoms with Crippen LogP contribution in [0.25, 0.3) is 6.08 Å². The van der Waals surface area contributed by atoms with E-state index in [1.807, 2.05) is 90.0 Å². The number of anilines is 1. The monoisotopic (exact) mass is 568 g/mol. The van der Waals surface area contributed by atoms with E-state index < -0.39 is 23.4 Å². The lowest BCUT2D eigenvalue weighted by atomic mass is 9.62. The van der Waals surface area contributed by atoms with Crippen LogP contribution in [0.2, 0.25) is 0 Å². The van der Waals surface area contributed by atoms with Gasteiger partial charge in [0.2, 0.25) is 5.91 Å². The minimum absolute atomic E-state index is 0.226. The number of amides is 1. The SMILES string of the molecule is CCCc1ccc(C(=O)[C@H]2[C@@H](C(=O)c3cccc(OC)c3)N3C=Cc4ccccc4[C@@H]3[C@]23C(=O)Nc2ccccc23)cc1. The molecule has 0 unspecified atom stereocenters. The van der Waals surface area contributed by atoms with Crippen LogP contribution in [0.5, 0.6) is 5.75 Å². The van der Waals surface area contributed by atoms with E-state index >= 15 is 0 Å². The normalized spacial score (nSPS) is 23.0. The second kappa shape index (κ2) is 10.4. The Morgan fingerprint density at radius 1 is 0.884 bits per heavy atom. The molecule has 1 saturated heterocycles. The highest BCUT2D eigenvalue weighted by Crippen LogP contribution is 2.62. The average molecular weight is 569 g/mol. The molecule has 4 atom stereocenters. The number of nitrogens with one attached hydrogen (secondary N) is 1. The van der Waals surface area contributed by atoms with Crippen molar-refractivity contribution in [3.63, 3.8) is 0 Å². The van der Waals surface area contributed by atoms with E-state index in [0.717, 1.165) is 35.1 Å². The molecular formula is C37H32N2O4. The number of rotatable bonds is 7. The second-order valence-electron chi connectivity index (χ2n) is 11.5. The maximum atomic E-state index is 14.9. The van der Waals surface area contributed by atoms with Gasteiger partial charge in [-0.15, -0.1) is 0 Å². The van der Waals surface area contributed by atoms with Crippen LogP contribution in [0, 0.1) is 5.92 Å². The molecule has 3 aliphatic heterocycles. The van der Waals surface area contributed by atoms with Gasteiger partial charge in [-0.1, -0.05) is 92.2 Å². The van der Waals surface area contributed by atoms with Crippen molar-refractivity contribution in [1.82, 2.24) is 4.90 Å². The molecule has 4 aromatic rings. The summed E-state index contributed by atoms with van der Waals surface area (Å²) < 4.78 is 5.44.